The van der Waals surface area contributed by atoms with E-state index in [2.05, 4.69) is 10.3 Å². The van der Waals surface area contributed by atoms with Gasteiger partial charge in [0.2, 0.25) is 5.91 Å². The van der Waals surface area contributed by atoms with Crippen LogP contribution in [0.25, 0.3) is 0 Å². The molecule has 1 amide bonds. The molecule has 0 saturated carbocycles. The van der Waals surface area contributed by atoms with Crippen LogP contribution in [0.5, 0.6) is 0 Å². The molecular weight excluding hydrogens is 246 g/mol. The number of rotatable bonds is 3. The molecule has 1 unspecified atom stereocenters. The molecule has 5 heteroatoms. The monoisotopic (exact) mass is 261 g/mol. The van der Waals surface area contributed by atoms with Crippen molar-refractivity contribution in [1.29, 1.82) is 0 Å². The largest absolute Gasteiger partial charge is 0.316 e. The molecule has 0 aliphatic carbocycles. The van der Waals surface area contributed by atoms with Gasteiger partial charge in [-0.3, -0.25) is 4.79 Å². The van der Waals surface area contributed by atoms with E-state index >= 15 is 0 Å². The first kappa shape index (κ1) is 12.7. The van der Waals surface area contributed by atoms with Crippen molar-refractivity contribution in [3.05, 3.63) is 45.8 Å². The fraction of sp³-hybridized carbons (Fsp3) is 0.231. The fourth-order valence-electron chi connectivity index (χ4n) is 1.71. The summed E-state index contributed by atoms with van der Waals surface area (Å²) in [6.45, 7) is 3.85. The molecule has 2 aromatic heterocycles. The van der Waals surface area contributed by atoms with Crippen molar-refractivity contribution in [2.45, 2.75) is 19.9 Å². The number of nitrogens with zero attached hydrogens (tertiary/aromatic N) is 1. The highest BCUT2D eigenvalue weighted by atomic mass is 32.1. The molecule has 0 aliphatic heterocycles. The van der Waals surface area contributed by atoms with Crippen LogP contribution in [0.15, 0.2) is 29.6 Å². The summed E-state index contributed by atoms with van der Waals surface area (Å²) in [5.41, 5.74) is 7.81. The highest BCUT2D eigenvalue weighted by molar-refractivity contribution is 7.10. The Labute approximate surface area is 110 Å². The van der Waals surface area contributed by atoms with E-state index in [0.717, 1.165) is 16.1 Å². The third-order valence-electron chi connectivity index (χ3n) is 2.48. The average molecular weight is 261 g/mol. The van der Waals surface area contributed by atoms with E-state index in [1.165, 1.54) is 11.3 Å². The Kier molecular flexibility index (Phi) is 3.74. The molecule has 0 spiro atoms. The van der Waals surface area contributed by atoms with Gasteiger partial charge in [0.25, 0.3) is 0 Å². The summed E-state index contributed by atoms with van der Waals surface area (Å²) in [5.74, 6) is 0.305. The number of hydrogen-bond donors (Lipinski definition) is 2. The number of aryl methyl sites for hydroxylation is 2. The zero-order chi connectivity index (χ0) is 13.1. The van der Waals surface area contributed by atoms with E-state index in [1.807, 2.05) is 43.5 Å². The quantitative estimate of drug-likeness (QED) is 0.891. The number of nitrogens with two attached hydrogens (primary N) is 1. The zero-order valence-electron chi connectivity index (χ0n) is 10.3. The van der Waals surface area contributed by atoms with Crippen LogP contribution in [0, 0.1) is 13.8 Å². The van der Waals surface area contributed by atoms with Gasteiger partial charge >= 0.3 is 0 Å². The zero-order valence-corrected chi connectivity index (χ0v) is 11.1. The lowest BCUT2D eigenvalue weighted by Gasteiger charge is -2.11. The molecular formula is C13H15N3OS. The maximum Gasteiger partial charge on any atom is 0.247 e. The van der Waals surface area contributed by atoms with Crippen LogP contribution in [0.1, 0.15) is 22.2 Å². The van der Waals surface area contributed by atoms with Crippen LogP contribution in [0.4, 0.5) is 5.82 Å². The van der Waals surface area contributed by atoms with E-state index in [0.29, 0.717) is 5.82 Å². The molecule has 0 radical (unpaired) electrons. The topological polar surface area (TPSA) is 68.0 Å². The van der Waals surface area contributed by atoms with Crippen molar-refractivity contribution in [1.82, 2.24) is 4.98 Å². The molecule has 0 saturated heterocycles. The summed E-state index contributed by atoms with van der Waals surface area (Å²) in [5, 5.41) is 4.64. The summed E-state index contributed by atoms with van der Waals surface area (Å²) < 4.78 is 0. The van der Waals surface area contributed by atoms with Gasteiger partial charge in [-0.05, 0) is 43.0 Å². The summed E-state index contributed by atoms with van der Waals surface area (Å²) >= 11 is 1.47. The first-order chi connectivity index (χ1) is 8.56. The fourth-order valence-corrected chi connectivity index (χ4v) is 2.43. The Morgan fingerprint density at radius 3 is 2.83 bits per heavy atom. The molecule has 94 valence electrons. The van der Waals surface area contributed by atoms with Crippen molar-refractivity contribution in [3.63, 3.8) is 0 Å². The standard InChI is InChI=1S/C13H15N3OS/c1-8-6-9(2)15-11(7-8)16-13(17)12(14)10-4-3-5-18-10/h3-7,12H,14H2,1-2H3,(H,15,16,17). The minimum absolute atomic E-state index is 0.241. The second-order valence-electron chi connectivity index (χ2n) is 4.15. The lowest BCUT2D eigenvalue weighted by molar-refractivity contribution is -0.117. The van der Waals surface area contributed by atoms with E-state index in [4.69, 9.17) is 5.73 Å². The van der Waals surface area contributed by atoms with Crippen molar-refractivity contribution in [3.8, 4) is 0 Å². The lowest BCUT2D eigenvalue weighted by atomic mass is 10.2. The number of thiophene rings is 1. The van der Waals surface area contributed by atoms with Gasteiger partial charge in [0, 0.05) is 10.6 Å². The highest BCUT2D eigenvalue weighted by Gasteiger charge is 2.17. The number of nitrogens with one attached hydrogen (secondary N) is 1. The van der Waals surface area contributed by atoms with Gasteiger partial charge < -0.3 is 11.1 Å². The molecule has 2 heterocycles. The number of hydrogen-bond acceptors (Lipinski definition) is 4. The predicted octanol–water partition coefficient (Wildman–Crippen LogP) is 2.40. The molecule has 4 nitrogen and oxygen atoms in total. The predicted molar refractivity (Wildman–Crippen MR) is 73.6 cm³/mol. The van der Waals surface area contributed by atoms with Gasteiger partial charge in [-0.15, -0.1) is 11.3 Å². The van der Waals surface area contributed by atoms with Crippen molar-refractivity contribution >= 4 is 23.1 Å². The SMILES string of the molecule is Cc1cc(C)nc(NC(=O)C(N)c2cccs2)c1. The van der Waals surface area contributed by atoms with Gasteiger partial charge in [-0.25, -0.2) is 4.98 Å². The minimum atomic E-state index is -0.646. The van der Waals surface area contributed by atoms with E-state index in [9.17, 15) is 4.79 Å². The summed E-state index contributed by atoms with van der Waals surface area (Å²) in [7, 11) is 0. The van der Waals surface area contributed by atoms with Crippen molar-refractivity contribution in [2.75, 3.05) is 5.32 Å². The van der Waals surface area contributed by atoms with Crippen LogP contribution >= 0.6 is 11.3 Å². The maximum absolute atomic E-state index is 12.0. The van der Waals surface area contributed by atoms with Crippen LogP contribution in [-0.4, -0.2) is 10.9 Å². The molecule has 1 atom stereocenters. The number of anilines is 1. The third-order valence-corrected chi connectivity index (χ3v) is 3.44. The van der Waals surface area contributed by atoms with E-state index < -0.39 is 6.04 Å². The van der Waals surface area contributed by atoms with Crippen LogP contribution in [-0.2, 0) is 4.79 Å². The van der Waals surface area contributed by atoms with Gasteiger partial charge in [0.15, 0.2) is 0 Å². The molecule has 0 aliphatic rings. The Morgan fingerprint density at radius 1 is 1.44 bits per heavy atom. The summed E-state index contributed by atoms with van der Waals surface area (Å²) in [4.78, 5) is 17.1. The minimum Gasteiger partial charge on any atom is -0.316 e. The smallest absolute Gasteiger partial charge is 0.247 e. The normalized spacial score (nSPS) is 12.2. The number of pyridine rings is 1. The second kappa shape index (κ2) is 5.29. The number of carbonyl (C=O) groups is 1. The van der Waals surface area contributed by atoms with Gasteiger partial charge in [-0.2, -0.15) is 0 Å². The third kappa shape index (κ3) is 2.94. The molecule has 0 aromatic carbocycles. The summed E-state index contributed by atoms with van der Waals surface area (Å²) in [6.07, 6.45) is 0. The Balaban J connectivity index is 2.11. The van der Waals surface area contributed by atoms with E-state index in [1.54, 1.807) is 0 Å². The lowest BCUT2D eigenvalue weighted by Crippen LogP contribution is -2.27. The Hall–Kier alpha value is -1.72. The van der Waals surface area contributed by atoms with Gasteiger partial charge in [-0.1, -0.05) is 6.07 Å². The first-order valence-electron chi connectivity index (χ1n) is 5.61. The Bertz CT molecular complexity index is 531. The number of aromatic nitrogens is 1. The molecule has 18 heavy (non-hydrogen) atoms. The van der Waals surface area contributed by atoms with Crippen LogP contribution < -0.4 is 11.1 Å². The van der Waals surface area contributed by atoms with Gasteiger partial charge in [0.1, 0.15) is 11.9 Å². The van der Waals surface area contributed by atoms with Crippen LogP contribution in [0.3, 0.4) is 0 Å². The second-order valence-corrected chi connectivity index (χ2v) is 5.13. The van der Waals surface area contributed by atoms with E-state index in [-0.39, 0.29) is 5.91 Å². The highest BCUT2D eigenvalue weighted by Crippen LogP contribution is 2.18. The number of amides is 1. The van der Waals surface area contributed by atoms with Gasteiger partial charge in [0.05, 0.1) is 0 Å². The number of carbonyl (C=O) groups excluding carboxylic acids is 1. The summed E-state index contributed by atoms with van der Waals surface area (Å²) in [6, 6.07) is 6.86. The molecule has 2 aromatic rings. The maximum atomic E-state index is 12.0. The van der Waals surface area contributed by atoms with Crippen LogP contribution in [0.2, 0.25) is 0 Å². The molecule has 0 bridgehead atoms. The van der Waals surface area contributed by atoms with Crippen molar-refractivity contribution in [2.24, 2.45) is 5.73 Å². The first-order valence-corrected chi connectivity index (χ1v) is 6.49. The Morgan fingerprint density at radius 2 is 2.22 bits per heavy atom. The van der Waals surface area contributed by atoms with Crippen molar-refractivity contribution < 1.29 is 4.79 Å². The average Bonchev–Trinajstić information content (AvgIpc) is 2.79. The molecule has 0 fully saturated rings. The molecule has 2 rings (SSSR count). The molecule has 3 N–H and O–H groups in total.